The van der Waals surface area contributed by atoms with Gasteiger partial charge in [0.15, 0.2) is 5.78 Å². The molecule has 0 heterocycles. The van der Waals surface area contributed by atoms with E-state index in [0.717, 1.165) is 11.1 Å². The molecule has 0 fully saturated rings. The second-order valence-corrected chi connectivity index (χ2v) is 4.57. The van der Waals surface area contributed by atoms with Crippen molar-refractivity contribution in [3.63, 3.8) is 0 Å². The molecule has 0 aromatic heterocycles. The van der Waals surface area contributed by atoms with E-state index >= 15 is 0 Å². The van der Waals surface area contributed by atoms with Gasteiger partial charge in [-0.1, -0.05) is 53.5 Å². The lowest BCUT2D eigenvalue weighted by Gasteiger charge is -2.09. The van der Waals surface area contributed by atoms with E-state index in [1.165, 1.54) is 0 Å². The maximum absolute atomic E-state index is 11.5. The van der Waals surface area contributed by atoms with Gasteiger partial charge in [-0.15, -0.1) is 0 Å². The van der Waals surface area contributed by atoms with Crippen LogP contribution in [-0.4, -0.2) is 5.78 Å². The third kappa shape index (κ3) is 2.51. The summed E-state index contributed by atoms with van der Waals surface area (Å²) in [5, 5.41) is 1.13. The predicted molar refractivity (Wildman–Crippen MR) is 71.9 cm³/mol. The molecule has 0 aliphatic rings. The monoisotopic (exact) mass is 264 g/mol. The van der Waals surface area contributed by atoms with Crippen LogP contribution in [0.1, 0.15) is 17.3 Å². The number of ketones is 1. The van der Waals surface area contributed by atoms with E-state index in [4.69, 9.17) is 23.2 Å². The van der Waals surface area contributed by atoms with Gasteiger partial charge in [0.25, 0.3) is 0 Å². The van der Waals surface area contributed by atoms with Crippen molar-refractivity contribution in [2.75, 3.05) is 0 Å². The molecule has 0 amide bonds. The van der Waals surface area contributed by atoms with Crippen LogP contribution in [0.2, 0.25) is 10.0 Å². The molecule has 86 valence electrons. The van der Waals surface area contributed by atoms with Crippen molar-refractivity contribution < 1.29 is 4.79 Å². The van der Waals surface area contributed by atoms with Crippen LogP contribution in [0.25, 0.3) is 11.1 Å². The second kappa shape index (κ2) is 4.91. The number of carbonyl (C=O) groups excluding carboxylic acids is 1. The molecular weight excluding hydrogens is 255 g/mol. The summed E-state index contributed by atoms with van der Waals surface area (Å²) in [6.45, 7) is 1.54. The minimum atomic E-state index is 0.0200. The van der Waals surface area contributed by atoms with E-state index in [1.807, 2.05) is 24.3 Å². The third-order valence-corrected chi connectivity index (χ3v) is 3.08. The fourth-order valence-electron chi connectivity index (χ4n) is 1.73. The van der Waals surface area contributed by atoms with E-state index in [-0.39, 0.29) is 5.78 Å². The quantitative estimate of drug-likeness (QED) is 0.708. The summed E-state index contributed by atoms with van der Waals surface area (Å²) in [6.07, 6.45) is 0. The summed E-state index contributed by atoms with van der Waals surface area (Å²) in [7, 11) is 0. The van der Waals surface area contributed by atoms with Gasteiger partial charge in [-0.05, 0) is 24.6 Å². The molecule has 2 aromatic rings. The molecule has 2 aromatic carbocycles. The SMILES string of the molecule is CC(=O)c1ccccc1-c1ccc(Cl)cc1Cl. The number of halogens is 2. The highest BCUT2D eigenvalue weighted by Crippen LogP contribution is 2.32. The molecule has 0 bridgehead atoms. The maximum atomic E-state index is 11.5. The summed E-state index contributed by atoms with van der Waals surface area (Å²) in [4.78, 5) is 11.5. The fourth-order valence-corrected chi connectivity index (χ4v) is 2.24. The van der Waals surface area contributed by atoms with E-state index in [9.17, 15) is 4.79 Å². The van der Waals surface area contributed by atoms with E-state index in [0.29, 0.717) is 15.6 Å². The van der Waals surface area contributed by atoms with Crippen molar-refractivity contribution in [2.24, 2.45) is 0 Å². The largest absolute Gasteiger partial charge is 0.294 e. The number of benzene rings is 2. The number of carbonyl (C=O) groups is 1. The first-order valence-electron chi connectivity index (χ1n) is 5.15. The highest BCUT2D eigenvalue weighted by molar-refractivity contribution is 6.36. The second-order valence-electron chi connectivity index (χ2n) is 3.73. The van der Waals surface area contributed by atoms with E-state index < -0.39 is 0 Å². The van der Waals surface area contributed by atoms with Gasteiger partial charge in [0, 0.05) is 21.2 Å². The van der Waals surface area contributed by atoms with E-state index in [2.05, 4.69) is 0 Å². The Morgan fingerprint density at radius 2 is 1.71 bits per heavy atom. The Balaban J connectivity index is 2.64. The molecule has 0 saturated carbocycles. The van der Waals surface area contributed by atoms with Gasteiger partial charge in [0.2, 0.25) is 0 Å². The Hall–Kier alpha value is -1.31. The van der Waals surface area contributed by atoms with Gasteiger partial charge in [-0.3, -0.25) is 4.79 Å². The van der Waals surface area contributed by atoms with Crippen molar-refractivity contribution in [3.05, 3.63) is 58.1 Å². The zero-order chi connectivity index (χ0) is 12.4. The highest BCUT2D eigenvalue weighted by atomic mass is 35.5. The standard InChI is InChI=1S/C14H10Cl2O/c1-9(17)11-4-2-3-5-12(11)13-7-6-10(15)8-14(13)16/h2-8H,1H3. The molecule has 0 saturated heterocycles. The lowest BCUT2D eigenvalue weighted by Crippen LogP contribution is -1.95. The van der Waals surface area contributed by atoms with Crippen molar-refractivity contribution in [3.8, 4) is 11.1 Å². The highest BCUT2D eigenvalue weighted by Gasteiger charge is 2.11. The van der Waals surface area contributed by atoms with Gasteiger partial charge in [-0.2, -0.15) is 0 Å². The summed E-state index contributed by atoms with van der Waals surface area (Å²) in [5.74, 6) is 0.0200. The summed E-state index contributed by atoms with van der Waals surface area (Å²) < 4.78 is 0. The van der Waals surface area contributed by atoms with Crippen molar-refractivity contribution in [1.82, 2.24) is 0 Å². The molecular formula is C14H10Cl2O. The molecule has 0 radical (unpaired) electrons. The minimum absolute atomic E-state index is 0.0200. The topological polar surface area (TPSA) is 17.1 Å². The molecule has 0 aliphatic heterocycles. The summed E-state index contributed by atoms with van der Waals surface area (Å²) in [6, 6.07) is 12.7. The Kier molecular flexibility index (Phi) is 3.51. The van der Waals surface area contributed by atoms with Crippen LogP contribution >= 0.6 is 23.2 Å². The Morgan fingerprint density at radius 3 is 2.35 bits per heavy atom. The van der Waals surface area contributed by atoms with Crippen molar-refractivity contribution in [1.29, 1.82) is 0 Å². The van der Waals surface area contributed by atoms with Crippen LogP contribution in [0.4, 0.5) is 0 Å². The van der Waals surface area contributed by atoms with Gasteiger partial charge >= 0.3 is 0 Å². The van der Waals surface area contributed by atoms with E-state index in [1.54, 1.807) is 25.1 Å². The van der Waals surface area contributed by atoms with Gasteiger partial charge < -0.3 is 0 Å². The molecule has 1 nitrogen and oxygen atoms in total. The zero-order valence-electron chi connectivity index (χ0n) is 9.21. The number of Topliss-reactive ketones (excluding diaryl/α,β-unsaturated/α-hetero) is 1. The first-order chi connectivity index (χ1) is 8.09. The first kappa shape index (κ1) is 12.2. The average Bonchev–Trinajstić information content (AvgIpc) is 2.29. The fraction of sp³-hybridized carbons (Fsp3) is 0.0714. The molecule has 0 spiro atoms. The summed E-state index contributed by atoms with van der Waals surface area (Å²) >= 11 is 12.0. The average molecular weight is 265 g/mol. The van der Waals surface area contributed by atoms with Gasteiger partial charge in [0.05, 0.1) is 0 Å². The summed E-state index contributed by atoms with van der Waals surface area (Å²) in [5.41, 5.74) is 2.32. The van der Waals surface area contributed by atoms with Gasteiger partial charge in [0.1, 0.15) is 0 Å². The zero-order valence-corrected chi connectivity index (χ0v) is 10.7. The minimum Gasteiger partial charge on any atom is -0.294 e. The Bertz CT molecular complexity index is 576. The maximum Gasteiger partial charge on any atom is 0.160 e. The molecule has 0 atom stereocenters. The molecule has 17 heavy (non-hydrogen) atoms. The van der Waals surface area contributed by atoms with Crippen molar-refractivity contribution in [2.45, 2.75) is 6.92 Å². The number of hydrogen-bond acceptors (Lipinski definition) is 1. The van der Waals surface area contributed by atoms with Crippen LogP contribution in [0.5, 0.6) is 0 Å². The van der Waals surface area contributed by atoms with Crippen LogP contribution in [0.15, 0.2) is 42.5 Å². The lowest BCUT2D eigenvalue weighted by atomic mass is 9.97. The third-order valence-electron chi connectivity index (χ3n) is 2.53. The molecule has 0 aliphatic carbocycles. The van der Waals surface area contributed by atoms with Crippen LogP contribution in [-0.2, 0) is 0 Å². The van der Waals surface area contributed by atoms with Crippen molar-refractivity contribution >= 4 is 29.0 Å². The Morgan fingerprint density at radius 1 is 1.00 bits per heavy atom. The first-order valence-corrected chi connectivity index (χ1v) is 5.90. The molecule has 0 unspecified atom stereocenters. The lowest BCUT2D eigenvalue weighted by molar-refractivity contribution is 0.101. The number of hydrogen-bond donors (Lipinski definition) is 0. The smallest absolute Gasteiger partial charge is 0.160 e. The Labute approximate surface area is 110 Å². The molecule has 0 N–H and O–H groups in total. The predicted octanol–water partition coefficient (Wildman–Crippen LogP) is 4.86. The molecule has 2 rings (SSSR count). The molecule has 3 heteroatoms. The van der Waals surface area contributed by atoms with Gasteiger partial charge in [-0.25, -0.2) is 0 Å². The van der Waals surface area contributed by atoms with Crippen LogP contribution < -0.4 is 0 Å². The number of rotatable bonds is 2. The van der Waals surface area contributed by atoms with Crippen LogP contribution in [0, 0.1) is 0 Å². The normalized spacial score (nSPS) is 10.3. The van der Waals surface area contributed by atoms with Crippen LogP contribution in [0.3, 0.4) is 0 Å².